The van der Waals surface area contributed by atoms with Gasteiger partial charge in [0.15, 0.2) is 5.75 Å². The van der Waals surface area contributed by atoms with Gasteiger partial charge in [0.1, 0.15) is 22.0 Å². The van der Waals surface area contributed by atoms with Crippen molar-refractivity contribution >= 4 is 67.1 Å². The van der Waals surface area contributed by atoms with Crippen LogP contribution in [0.25, 0.3) is 10.8 Å². The predicted molar refractivity (Wildman–Crippen MR) is 151 cm³/mol. The van der Waals surface area contributed by atoms with Crippen molar-refractivity contribution in [1.82, 2.24) is 0 Å². The van der Waals surface area contributed by atoms with Crippen molar-refractivity contribution in [2.75, 3.05) is 11.9 Å². The molecule has 0 saturated heterocycles. The van der Waals surface area contributed by atoms with E-state index >= 15 is 0 Å². The van der Waals surface area contributed by atoms with Crippen LogP contribution in [0.5, 0.6) is 11.5 Å². The number of phenols is 1. The molecule has 4 aromatic rings. The van der Waals surface area contributed by atoms with E-state index in [1.54, 1.807) is 62.4 Å². The summed E-state index contributed by atoms with van der Waals surface area (Å²) < 4.78 is 39.5. The average molecular weight is 588 g/mol. The van der Waals surface area contributed by atoms with Crippen molar-refractivity contribution in [3.8, 4) is 11.5 Å². The molecule has 12 heteroatoms. The minimum atomic E-state index is -4.76. The van der Waals surface area contributed by atoms with Crippen molar-refractivity contribution in [2.24, 2.45) is 10.2 Å². The highest BCUT2D eigenvalue weighted by Crippen LogP contribution is 2.41. The summed E-state index contributed by atoms with van der Waals surface area (Å²) in [6.07, 6.45) is 0.417. The quantitative estimate of drug-likeness (QED) is 0.142. The number of fused-ring (bicyclic) bond motifs is 1. The summed E-state index contributed by atoms with van der Waals surface area (Å²) in [7, 11) is -4.76. The monoisotopic (exact) mass is 587 g/mol. The first-order chi connectivity index (χ1) is 18.5. The molecule has 4 aromatic carbocycles. The first-order valence-electron chi connectivity index (χ1n) is 11.7. The van der Waals surface area contributed by atoms with Gasteiger partial charge in [0, 0.05) is 16.5 Å². The van der Waals surface area contributed by atoms with Gasteiger partial charge in [-0.05, 0) is 48.6 Å². The molecule has 0 heterocycles. The lowest BCUT2D eigenvalue weighted by atomic mass is 10.0. The van der Waals surface area contributed by atoms with Crippen LogP contribution < -0.4 is 10.1 Å². The molecule has 0 aromatic heterocycles. The molecule has 0 unspecified atom stereocenters. The first kappa shape index (κ1) is 28.3. The van der Waals surface area contributed by atoms with E-state index in [4.69, 9.17) is 27.9 Å². The summed E-state index contributed by atoms with van der Waals surface area (Å²) in [5, 5.41) is 23.2. The molecular weight excluding hydrogens is 565 g/mol. The molecule has 4 rings (SSSR count). The Hall–Kier alpha value is -3.70. The van der Waals surface area contributed by atoms with Gasteiger partial charge >= 0.3 is 0 Å². The number of carbonyl (C=O) groups excluding carboxylic acids is 1. The Morgan fingerprint density at radius 3 is 2.46 bits per heavy atom. The molecule has 39 heavy (non-hydrogen) atoms. The Balaban J connectivity index is 1.83. The van der Waals surface area contributed by atoms with Crippen molar-refractivity contribution in [1.29, 1.82) is 0 Å². The van der Waals surface area contributed by atoms with Gasteiger partial charge in [-0.2, -0.15) is 8.42 Å². The molecule has 0 aliphatic carbocycles. The SMILES string of the molecule is CCOc1cc(Cl)ccc1NC(=O)c1cc2ccccc2c(N=Nc2ccc(CC)c(Cl)c2S(=O)(=O)O)c1O. The van der Waals surface area contributed by atoms with E-state index in [0.717, 1.165) is 0 Å². The highest BCUT2D eigenvalue weighted by molar-refractivity contribution is 7.86. The largest absolute Gasteiger partial charge is 0.505 e. The molecule has 0 spiro atoms. The Labute approximate surface area is 234 Å². The topological polar surface area (TPSA) is 138 Å². The second-order valence-corrected chi connectivity index (χ2v) is 10.5. The fraction of sp³-hybridized carbons (Fsp3) is 0.148. The van der Waals surface area contributed by atoms with E-state index in [1.807, 2.05) is 0 Å². The van der Waals surface area contributed by atoms with E-state index in [0.29, 0.717) is 45.8 Å². The number of halogens is 2. The molecule has 0 atom stereocenters. The molecular formula is C27H23Cl2N3O6S. The summed E-state index contributed by atoms with van der Waals surface area (Å²) >= 11 is 12.3. The van der Waals surface area contributed by atoms with Crippen LogP contribution in [0.4, 0.5) is 17.1 Å². The van der Waals surface area contributed by atoms with E-state index in [1.165, 1.54) is 12.1 Å². The molecule has 0 saturated carbocycles. The molecule has 3 N–H and O–H groups in total. The van der Waals surface area contributed by atoms with Crippen LogP contribution in [-0.2, 0) is 16.5 Å². The first-order valence-corrected chi connectivity index (χ1v) is 13.9. The number of hydrogen-bond donors (Lipinski definition) is 3. The number of benzene rings is 4. The zero-order valence-corrected chi connectivity index (χ0v) is 23.1. The standard InChI is InChI=1S/C27H23Cl2N3O6S/c1-3-15-9-11-21(26(23(15)29)39(35,36)37)31-32-24-18-8-6-5-7-16(18)13-19(25(24)33)27(34)30-20-12-10-17(28)14-22(20)38-4-2/h5-14,33H,3-4H2,1-2H3,(H,30,34)(H,35,36,37). The number of ether oxygens (including phenoxy) is 1. The second-order valence-electron chi connectivity index (χ2n) is 8.29. The van der Waals surface area contributed by atoms with Gasteiger partial charge in [0.05, 0.1) is 22.9 Å². The number of nitrogens with one attached hydrogen (secondary N) is 1. The van der Waals surface area contributed by atoms with Crippen molar-refractivity contribution < 1.29 is 27.6 Å². The van der Waals surface area contributed by atoms with Crippen LogP contribution >= 0.6 is 23.2 Å². The van der Waals surface area contributed by atoms with E-state index in [-0.39, 0.29) is 22.0 Å². The fourth-order valence-corrected chi connectivity index (χ4v) is 5.42. The third-order valence-electron chi connectivity index (χ3n) is 5.78. The summed E-state index contributed by atoms with van der Waals surface area (Å²) in [6, 6.07) is 16.0. The lowest BCUT2D eigenvalue weighted by molar-refractivity contribution is 0.102. The molecule has 202 valence electrons. The van der Waals surface area contributed by atoms with E-state index in [9.17, 15) is 22.9 Å². The molecule has 0 aliphatic rings. The van der Waals surface area contributed by atoms with Crippen molar-refractivity contribution in [3.05, 3.63) is 81.8 Å². The highest BCUT2D eigenvalue weighted by Gasteiger charge is 2.23. The van der Waals surface area contributed by atoms with Gasteiger partial charge in [0.2, 0.25) is 0 Å². The van der Waals surface area contributed by atoms with Gasteiger partial charge in [-0.3, -0.25) is 9.35 Å². The summed E-state index contributed by atoms with van der Waals surface area (Å²) in [5.41, 5.74) is 0.389. The molecule has 0 radical (unpaired) electrons. The maximum Gasteiger partial charge on any atom is 0.298 e. The minimum Gasteiger partial charge on any atom is -0.505 e. The van der Waals surface area contributed by atoms with Crippen LogP contribution in [0.2, 0.25) is 10.0 Å². The number of carbonyl (C=O) groups is 1. The lowest BCUT2D eigenvalue weighted by Crippen LogP contribution is -2.13. The number of hydrogen-bond acceptors (Lipinski definition) is 7. The Kier molecular flexibility index (Phi) is 8.41. The number of azo groups is 1. The van der Waals surface area contributed by atoms with E-state index < -0.39 is 26.7 Å². The van der Waals surface area contributed by atoms with E-state index in [2.05, 4.69) is 15.5 Å². The minimum absolute atomic E-state index is 0.0867. The summed E-state index contributed by atoms with van der Waals surface area (Å²) in [5.74, 6) is -0.804. The van der Waals surface area contributed by atoms with Gasteiger partial charge in [-0.15, -0.1) is 10.2 Å². The van der Waals surface area contributed by atoms with Gasteiger partial charge < -0.3 is 15.2 Å². The molecule has 0 fully saturated rings. The number of aryl methyl sites for hydroxylation is 1. The van der Waals surface area contributed by atoms with Crippen LogP contribution in [-0.4, -0.2) is 30.6 Å². The lowest BCUT2D eigenvalue weighted by Gasteiger charge is -2.14. The maximum absolute atomic E-state index is 13.3. The normalized spacial score (nSPS) is 11.7. The van der Waals surface area contributed by atoms with Crippen molar-refractivity contribution in [3.63, 3.8) is 0 Å². The summed E-state index contributed by atoms with van der Waals surface area (Å²) in [4.78, 5) is 12.7. The Morgan fingerprint density at radius 1 is 1.03 bits per heavy atom. The molecule has 1 amide bonds. The second kappa shape index (κ2) is 11.6. The fourth-order valence-electron chi connectivity index (χ4n) is 3.94. The Morgan fingerprint density at radius 2 is 1.77 bits per heavy atom. The smallest absolute Gasteiger partial charge is 0.298 e. The number of phenolic OH excluding ortho intramolecular Hbond substituents is 1. The third kappa shape index (κ3) is 5.99. The predicted octanol–water partition coefficient (Wildman–Crippen LogP) is 7.73. The van der Waals surface area contributed by atoms with Crippen LogP contribution in [0.15, 0.2) is 75.8 Å². The number of rotatable bonds is 8. The zero-order valence-electron chi connectivity index (χ0n) is 20.8. The summed E-state index contributed by atoms with van der Waals surface area (Å²) in [6.45, 7) is 3.90. The molecule has 0 bridgehead atoms. The molecule has 9 nitrogen and oxygen atoms in total. The Bertz CT molecular complexity index is 1720. The van der Waals surface area contributed by atoms with Crippen LogP contribution in [0.3, 0.4) is 0 Å². The van der Waals surface area contributed by atoms with Crippen molar-refractivity contribution in [2.45, 2.75) is 25.2 Å². The van der Waals surface area contributed by atoms with Gasteiger partial charge in [-0.1, -0.05) is 60.5 Å². The van der Waals surface area contributed by atoms with Gasteiger partial charge in [0.25, 0.3) is 16.0 Å². The zero-order chi connectivity index (χ0) is 28.3. The van der Waals surface area contributed by atoms with Crippen LogP contribution in [0.1, 0.15) is 29.8 Å². The number of amides is 1. The number of nitrogens with zero attached hydrogens (tertiary/aromatic N) is 2. The maximum atomic E-state index is 13.3. The number of anilines is 1. The van der Waals surface area contributed by atoms with Gasteiger partial charge in [-0.25, -0.2) is 0 Å². The average Bonchev–Trinajstić information content (AvgIpc) is 2.88. The van der Waals surface area contributed by atoms with Crippen LogP contribution in [0, 0.1) is 0 Å². The number of aromatic hydroxyl groups is 1. The highest BCUT2D eigenvalue weighted by atomic mass is 35.5. The third-order valence-corrected chi connectivity index (χ3v) is 7.49. The molecule has 0 aliphatic heterocycles.